The maximum Gasteiger partial charge on any atom is 0.240 e. The first-order valence-electron chi connectivity index (χ1n) is 6.96. The Morgan fingerprint density at radius 2 is 1.85 bits per heavy atom. The zero-order valence-corrected chi connectivity index (χ0v) is 11.2. The molecule has 0 atom stereocenters. The van der Waals surface area contributed by atoms with Gasteiger partial charge in [0.2, 0.25) is 11.8 Å². The molecule has 2 amide bonds. The number of imide groups is 1. The fourth-order valence-electron chi connectivity index (χ4n) is 3.36. The van der Waals surface area contributed by atoms with E-state index in [1.807, 2.05) is 0 Å². The van der Waals surface area contributed by atoms with Crippen LogP contribution in [0.1, 0.15) is 38.5 Å². The lowest BCUT2D eigenvalue weighted by atomic mass is 9.73. The summed E-state index contributed by atoms with van der Waals surface area (Å²) < 4.78 is 14.0. The zero-order valence-electron chi connectivity index (χ0n) is 11.2. The van der Waals surface area contributed by atoms with Gasteiger partial charge in [-0.3, -0.25) is 9.59 Å². The molecule has 0 bridgehead atoms. The van der Waals surface area contributed by atoms with E-state index in [1.54, 1.807) is 0 Å². The minimum atomic E-state index is -0.625. The van der Waals surface area contributed by atoms with E-state index in [1.165, 1.54) is 12.1 Å². The molecule has 1 aromatic carbocycles. The molecule has 4 nitrogen and oxygen atoms in total. The molecular weight excluding hydrogens is 259 g/mol. The summed E-state index contributed by atoms with van der Waals surface area (Å²) in [6.07, 6.45) is 4.67. The molecule has 2 aliphatic rings. The number of carbonyl (C=O) groups excluding carboxylic acids is 2. The van der Waals surface area contributed by atoms with Crippen LogP contribution in [0.3, 0.4) is 0 Å². The van der Waals surface area contributed by atoms with Crippen LogP contribution in [0.4, 0.5) is 15.8 Å². The molecule has 1 aliphatic heterocycles. The Kier molecular flexibility index (Phi) is 3.00. The summed E-state index contributed by atoms with van der Waals surface area (Å²) in [4.78, 5) is 25.9. The van der Waals surface area contributed by atoms with Crippen molar-refractivity contribution in [3.05, 3.63) is 24.0 Å². The van der Waals surface area contributed by atoms with E-state index in [4.69, 9.17) is 5.73 Å². The summed E-state index contributed by atoms with van der Waals surface area (Å²) in [5.74, 6) is -1.17. The molecule has 1 saturated heterocycles. The van der Waals surface area contributed by atoms with Gasteiger partial charge in [0.15, 0.2) is 0 Å². The summed E-state index contributed by atoms with van der Waals surface area (Å²) in [5, 5.41) is 0. The van der Waals surface area contributed by atoms with Crippen molar-refractivity contribution in [2.75, 3.05) is 10.6 Å². The van der Waals surface area contributed by atoms with Gasteiger partial charge in [-0.15, -0.1) is 0 Å². The van der Waals surface area contributed by atoms with E-state index >= 15 is 0 Å². The van der Waals surface area contributed by atoms with E-state index in [0.29, 0.717) is 0 Å². The number of hydrogen-bond donors (Lipinski definition) is 1. The standard InChI is InChI=1S/C15H17FN2O2/c16-11-8-10(17)4-5-12(11)18-13(19)9-15(14(18)20)6-2-1-3-7-15/h4-5,8H,1-3,6-7,9,17H2. The van der Waals surface area contributed by atoms with Crippen molar-refractivity contribution in [3.8, 4) is 0 Å². The van der Waals surface area contributed by atoms with Crippen molar-refractivity contribution < 1.29 is 14.0 Å². The highest BCUT2D eigenvalue weighted by Gasteiger charge is 2.52. The fraction of sp³-hybridized carbons (Fsp3) is 0.467. The molecule has 1 aromatic rings. The summed E-state index contributed by atoms with van der Waals surface area (Å²) >= 11 is 0. The number of nitrogen functional groups attached to an aromatic ring is 1. The minimum absolute atomic E-state index is 0.0247. The molecule has 1 aliphatic carbocycles. The van der Waals surface area contributed by atoms with Gasteiger partial charge >= 0.3 is 0 Å². The van der Waals surface area contributed by atoms with Gasteiger partial charge in [0.25, 0.3) is 0 Å². The maximum atomic E-state index is 14.0. The number of hydrogen-bond acceptors (Lipinski definition) is 3. The van der Waals surface area contributed by atoms with Crippen LogP contribution >= 0.6 is 0 Å². The van der Waals surface area contributed by atoms with Crippen molar-refractivity contribution in [3.63, 3.8) is 0 Å². The number of nitrogens with zero attached hydrogens (tertiary/aromatic N) is 1. The molecule has 2 fully saturated rings. The summed E-state index contributed by atoms with van der Waals surface area (Å²) in [6, 6.07) is 4.05. The second-order valence-corrected chi connectivity index (χ2v) is 5.76. The number of halogens is 1. The smallest absolute Gasteiger partial charge is 0.240 e. The number of anilines is 2. The van der Waals surface area contributed by atoms with Gasteiger partial charge in [-0.2, -0.15) is 0 Å². The van der Waals surface area contributed by atoms with Crippen molar-refractivity contribution in [1.82, 2.24) is 0 Å². The Bertz CT molecular complexity index is 579. The quantitative estimate of drug-likeness (QED) is 0.633. The van der Waals surface area contributed by atoms with Crippen LogP contribution in [-0.4, -0.2) is 11.8 Å². The predicted octanol–water partition coefficient (Wildman–Crippen LogP) is 2.62. The molecule has 0 aromatic heterocycles. The molecule has 20 heavy (non-hydrogen) atoms. The number of benzene rings is 1. The molecule has 0 radical (unpaired) electrons. The largest absolute Gasteiger partial charge is 0.399 e. The summed E-state index contributed by atoms with van der Waals surface area (Å²) in [5.41, 5.74) is 5.21. The molecule has 0 unspecified atom stereocenters. The maximum absolute atomic E-state index is 14.0. The molecule has 1 spiro atoms. The number of amides is 2. The minimum Gasteiger partial charge on any atom is -0.399 e. The van der Waals surface area contributed by atoms with Gasteiger partial charge in [-0.25, -0.2) is 9.29 Å². The highest BCUT2D eigenvalue weighted by Crippen LogP contribution is 2.46. The third kappa shape index (κ3) is 1.88. The monoisotopic (exact) mass is 276 g/mol. The highest BCUT2D eigenvalue weighted by molar-refractivity contribution is 6.22. The zero-order chi connectivity index (χ0) is 14.3. The van der Waals surface area contributed by atoms with Crippen LogP contribution in [-0.2, 0) is 9.59 Å². The van der Waals surface area contributed by atoms with E-state index in [0.717, 1.165) is 43.1 Å². The van der Waals surface area contributed by atoms with E-state index in [-0.39, 0.29) is 29.6 Å². The van der Waals surface area contributed by atoms with E-state index in [2.05, 4.69) is 0 Å². The molecular formula is C15H17FN2O2. The van der Waals surface area contributed by atoms with Crippen molar-refractivity contribution in [2.24, 2.45) is 5.41 Å². The SMILES string of the molecule is Nc1ccc(N2C(=O)CC3(CCCCC3)C2=O)c(F)c1. The average molecular weight is 276 g/mol. The van der Waals surface area contributed by atoms with Gasteiger partial charge < -0.3 is 5.73 Å². The van der Waals surface area contributed by atoms with E-state index < -0.39 is 11.2 Å². The Morgan fingerprint density at radius 3 is 2.50 bits per heavy atom. The first-order chi connectivity index (χ1) is 9.53. The topological polar surface area (TPSA) is 63.4 Å². The molecule has 2 N–H and O–H groups in total. The van der Waals surface area contributed by atoms with Gasteiger partial charge in [-0.05, 0) is 31.0 Å². The van der Waals surface area contributed by atoms with Gasteiger partial charge in [0.1, 0.15) is 5.82 Å². The Labute approximate surface area is 116 Å². The fourth-order valence-corrected chi connectivity index (χ4v) is 3.36. The van der Waals surface area contributed by atoms with Crippen molar-refractivity contribution in [1.29, 1.82) is 0 Å². The molecule has 106 valence electrons. The Morgan fingerprint density at radius 1 is 1.15 bits per heavy atom. The van der Waals surface area contributed by atoms with Crippen LogP contribution in [0.2, 0.25) is 0 Å². The Hall–Kier alpha value is -1.91. The van der Waals surface area contributed by atoms with Crippen LogP contribution in [0, 0.1) is 11.2 Å². The normalized spacial score (nSPS) is 21.8. The predicted molar refractivity (Wildman–Crippen MR) is 73.4 cm³/mol. The van der Waals surface area contributed by atoms with Crippen LogP contribution in [0.25, 0.3) is 0 Å². The van der Waals surface area contributed by atoms with Gasteiger partial charge in [-0.1, -0.05) is 19.3 Å². The van der Waals surface area contributed by atoms with E-state index in [9.17, 15) is 14.0 Å². The van der Waals surface area contributed by atoms with Crippen LogP contribution in [0.15, 0.2) is 18.2 Å². The molecule has 1 heterocycles. The lowest BCUT2D eigenvalue weighted by Crippen LogP contribution is -2.37. The lowest BCUT2D eigenvalue weighted by molar-refractivity contribution is -0.127. The highest BCUT2D eigenvalue weighted by atomic mass is 19.1. The molecule has 5 heteroatoms. The van der Waals surface area contributed by atoms with Gasteiger partial charge in [0, 0.05) is 12.1 Å². The summed E-state index contributed by atoms with van der Waals surface area (Å²) in [6.45, 7) is 0. The third-order valence-corrected chi connectivity index (χ3v) is 4.42. The Balaban J connectivity index is 1.98. The first-order valence-corrected chi connectivity index (χ1v) is 6.96. The van der Waals surface area contributed by atoms with Gasteiger partial charge in [0.05, 0.1) is 11.1 Å². The average Bonchev–Trinajstić information content (AvgIpc) is 2.63. The summed E-state index contributed by atoms with van der Waals surface area (Å²) in [7, 11) is 0. The van der Waals surface area contributed by atoms with Crippen LogP contribution in [0.5, 0.6) is 0 Å². The van der Waals surface area contributed by atoms with Crippen molar-refractivity contribution in [2.45, 2.75) is 38.5 Å². The van der Waals surface area contributed by atoms with Crippen molar-refractivity contribution >= 4 is 23.2 Å². The van der Waals surface area contributed by atoms with Crippen LogP contribution < -0.4 is 10.6 Å². The number of carbonyl (C=O) groups is 2. The second-order valence-electron chi connectivity index (χ2n) is 5.76. The number of nitrogens with two attached hydrogens (primary N) is 1. The number of rotatable bonds is 1. The second kappa shape index (κ2) is 4.58. The lowest BCUT2D eigenvalue weighted by Gasteiger charge is -2.30. The first kappa shape index (κ1) is 13.1. The molecule has 3 rings (SSSR count). The third-order valence-electron chi connectivity index (χ3n) is 4.42. The molecule has 1 saturated carbocycles.